The first-order valence-electron chi connectivity index (χ1n) is 6.81. The van der Waals surface area contributed by atoms with Crippen molar-refractivity contribution in [1.82, 2.24) is 15.0 Å². The minimum absolute atomic E-state index is 0.702. The maximum Gasteiger partial charge on any atom is 0.227 e. The van der Waals surface area contributed by atoms with Crippen molar-refractivity contribution >= 4 is 22.5 Å². The molecule has 0 atom stereocenters. The van der Waals surface area contributed by atoms with Gasteiger partial charge in [-0.2, -0.15) is 4.98 Å². The summed E-state index contributed by atoms with van der Waals surface area (Å²) in [4.78, 5) is 15.0. The zero-order chi connectivity index (χ0) is 14.7. The molecule has 0 aliphatic rings. The van der Waals surface area contributed by atoms with Crippen LogP contribution in [0, 0.1) is 0 Å². The van der Waals surface area contributed by atoms with Crippen LogP contribution in [0.5, 0.6) is 0 Å². The molecule has 0 fully saturated rings. The van der Waals surface area contributed by atoms with Crippen LogP contribution in [0.4, 0.5) is 11.8 Å². The van der Waals surface area contributed by atoms with Gasteiger partial charge < -0.3 is 10.2 Å². The van der Waals surface area contributed by atoms with Gasteiger partial charge in [0.05, 0.1) is 0 Å². The number of nitrogens with one attached hydrogen (secondary N) is 1. The fourth-order valence-electron chi connectivity index (χ4n) is 2.33. The van der Waals surface area contributed by atoms with Crippen molar-refractivity contribution in [3.05, 3.63) is 54.5 Å². The standard InChI is InChI=1S/C16H17N5/c1-17-15-7-9-19-16(20-15)21(2)11-13-5-3-4-12-10-18-8-6-14(12)13/h3-10H,11H2,1-2H3,(H,17,19,20). The van der Waals surface area contributed by atoms with E-state index in [4.69, 9.17) is 0 Å². The fraction of sp³-hybridized carbons (Fsp3) is 0.188. The molecule has 0 spiro atoms. The highest BCUT2D eigenvalue weighted by Crippen LogP contribution is 2.20. The topological polar surface area (TPSA) is 53.9 Å². The summed E-state index contributed by atoms with van der Waals surface area (Å²) in [6.45, 7) is 0.745. The number of rotatable bonds is 4. The van der Waals surface area contributed by atoms with Crippen LogP contribution in [-0.4, -0.2) is 29.0 Å². The molecule has 0 amide bonds. The molecule has 0 bridgehead atoms. The Hall–Kier alpha value is -2.69. The lowest BCUT2D eigenvalue weighted by atomic mass is 10.1. The van der Waals surface area contributed by atoms with Crippen molar-refractivity contribution in [2.24, 2.45) is 0 Å². The molecule has 3 aromatic rings. The lowest BCUT2D eigenvalue weighted by Crippen LogP contribution is -2.19. The van der Waals surface area contributed by atoms with Crippen LogP contribution < -0.4 is 10.2 Å². The second-order valence-corrected chi connectivity index (χ2v) is 4.86. The third-order valence-electron chi connectivity index (χ3n) is 3.42. The average molecular weight is 279 g/mol. The Morgan fingerprint density at radius 1 is 1.14 bits per heavy atom. The monoisotopic (exact) mass is 279 g/mol. The fourth-order valence-corrected chi connectivity index (χ4v) is 2.33. The lowest BCUT2D eigenvalue weighted by molar-refractivity contribution is 0.872. The van der Waals surface area contributed by atoms with Gasteiger partial charge in [-0.15, -0.1) is 0 Å². The second-order valence-electron chi connectivity index (χ2n) is 4.86. The normalized spacial score (nSPS) is 10.6. The van der Waals surface area contributed by atoms with Gasteiger partial charge in [0.25, 0.3) is 0 Å². The van der Waals surface area contributed by atoms with E-state index in [2.05, 4.69) is 38.5 Å². The first-order valence-corrected chi connectivity index (χ1v) is 6.81. The van der Waals surface area contributed by atoms with E-state index in [0.29, 0.717) is 5.95 Å². The van der Waals surface area contributed by atoms with Gasteiger partial charge in [-0.25, -0.2) is 4.98 Å². The summed E-state index contributed by atoms with van der Waals surface area (Å²) in [5.74, 6) is 1.52. The average Bonchev–Trinajstić information content (AvgIpc) is 2.55. The quantitative estimate of drug-likeness (QED) is 0.795. The Kier molecular flexibility index (Phi) is 3.64. The molecule has 2 heterocycles. The van der Waals surface area contributed by atoms with E-state index in [-0.39, 0.29) is 0 Å². The number of pyridine rings is 1. The molecule has 1 N–H and O–H groups in total. The van der Waals surface area contributed by atoms with E-state index in [1.807, 2.05) is 43.5 Å². The maximum absolute atomic E-state index is 4.46. The van der Waals surface area contributed by atoms with Crippen molar-refractivity contribution in [2.75, 3.05) is 24.3 Å². The molecule has 106 valence electrons. The van der Waals surface area contributed by atoms with E-state index in [1.165, 1.54) is 10.9 Å². The van der Waals surface area contributed by atoms with Crippen molar-refractivity contribution < 1.29 is 0 Å². The second kappa shape index (κ2) is 5.75. The summed E-state index contributed by atoms with van der Waals surface area (Å²) in [5, 5.41) is 5.39. The molecular weight excluding hydrogens is 262 g/mol. The highest BCUT2D eigenvalue weighted by Gasteiger charge is 2.08. The van der Waals surface area contributed by atoms with Gasteiger partial charge in [0.15, 0.2) is 0 Å². The Morgan fingerprint density at radius 2 is 2.05 bits per heavy atom. The summed E-state index contributed by atoms with van der Waals surface area (Å²) in [5.41, 5.74) is 1.23. The Bertz CT molecular complexity index is 751. The van der Waals surface area contributed by atoms with Crippen molar-refractivity contribution in [1.29, 1.82) is 0 Å². The minimum atomic E-state index is 0.702. The molecule has 0 radical (unpaired) electrons. The predicted octanol–water partition coefficient (Wildman–Crippen LogP) is 2.70. The molecule has 3 rings (SSSR count). The third kappa shape index (κ3) is 2.76. The van der Waals surface area contributed by atoms with E-state index >= 15 is 0 Å². The molecule has 0 aliphatic heterocycles. The molecule has 0 saturated heterocycles. The molecule has 0 unspecified atom stereocenters. The molecule has 0 aliphatic carbocycles. The lowest BCUT2D eigenvalue weighted by Gasteiger charge is -2.18. The van der Waals surface area contributed by atoms with Crippen LogP contribution in [0.15, 0.2) is 48.9 Å². The van der Waals surface area contributed by atoms with Crippen LogP contribution in [0.25, 0.3) is 10.8 Å². The van der Waals surface area contributed by atoms with Crippen molar-refractivity contribution in [2.45, 2.75) is 6.54 Å². The number of nitrogens with zero attached hydrogens (tertiary/aromatic N) is 4. The van der Waals surface area contributed by atoms with Crippen LogP contribution in [0.1, 0.15) is 5.56 Å². The summed E-state index contributed by atoms with van der Waals surface area (Å²) >= 11 is 0. The summed E-state index contributed by atoms with van der Waals surface area (Å²) in [7, 11) is 3.85. The summed E-state index contributed by atoms with van der Waals surface area (Å²) in [6, 6.07) is 10.1. The van der Waals surface area contributed by atoms with E-state index < -0.39 is 0 Å². The van der Waals surface area contributed by atoms with E-state index in [1.54, 1.807) is 6.20 Å². The van der Waals surface area contributed by atoms with Gasteiger partial charge >= 0.3 is 0 Å². The van der Waals surface area contributed by atoms with Crippen molar-refractivity contribution in [3.8, 4) is 0 Å². The molecule has 2 aromatic heterocycles. The first kappa shape index (κ1) is 13.3. The molecule has 5 heteroatoms. The largest absolute Gasteiger partial charge is 0.373 e. The predicted molar refractivity (Wildman–Crippen MR) is 85.4 cm³/mol. The zero-order valence-electron chi connectivity index (χ0n) is 12.1. The van der Waals surface area contributed by atoms with Gasteiger partial charge in [-0.3, -0.25) is 4.98 Å². The summed E-state index contributed by atoms with van der Waals surface area (Å²) < 4.78 is 0. The first-order chi connectivity index (χ1) is 10.3. The van der Waals surface area contributed by atoms with Gasteiger partial charge in [0, 0.05) is 44.6 Å². The molecule has 21 heavy (non-hydrogen) atoms. The number of aromatic nitrogens is 3. The summed E-state index contributed by atoms with van der Waals surface area (Å²) in [6.07, 6.45) is 5.47. The highest BCUT2D eigenvalue weighted by atomic mass is 15.2. The van der Waals surface area contributed by atoms with Crippen LogP contribution in [0.3, 0.4) is 0 Å². The molecular formula is C16H17N5. The van der Waals surface area contributed by atoms with Crippen LogP contribution in [-0.2, 0) is 6.54 Å². The van der Waals surface area contributed by atoms with E-state index in [9.17, 15) is 0 Å². The van der Waals surface area contributed by atoms with Crippen LogP contribution >= 0.6 is 0 Å². The molecule has 1 aromatic carbocycles. The number of anilines is 2. The Morgan fingerprint density at radius 3 is 2.90 bits per heavy atom. The van der Waals surface area contributed by atoms with Gasteiger partial charge in [-0.05, 0) is 23.1 Å². The third-order valence-corrected chi connectivity index (χ3v) is 3.42. The smallest absolute Gasteiger partial charge is 0.227 e. The highest BCUT2D eigenvalue weighted by molar-refractivity contribution is 5.84. The number of benzene rings is 1. The number of fused-ring (bicyclic) bond motifs is 1. The Balaban J connectivity index is 1.90. The number of hydrogen-bond donors (Lipinski definition) is 1. The van der Waals surface area contributed by atoms with Gasteiger partial charge in [0.1, 0.15) is 5.82 Å². The maximum atomic E-state index is 4.46. The SMILES string of the molecule is CNc1ccnc(N(C)Cc2cccc3cnccc23)n1. The van der Waals surface area contributed by atoms with Crippen LogP contribution in [0.2, 0.25) is 0 Å². The van der Waals surface area contributed by atoms with Gasteiger partial charge in [-0.1, -0.05) is 18.2 Å². The van der Waals surface area contributed by atoms with E-state index in [0.717, 1.165) is 17.7 Å². The van der Waals surface area contributed by atoms with Gasteiger partial charge in [0.2, 0.25) is 5.95 Å². The number of hydrogen-bond acceptors (Lipinski definition) is 5. The zero-order valence-corrected chi connectivity index (χ0v) is 12.1. The minimum Gasteiger partial charge on any atom is -0.373 e. The van der Waals surface area contributed by atoms with Crippen molar-refractivity contribution in [3.63, 3.8) is 0 Å². The molecule has 0 saturated carbocycles. The molecule has 5 nitrogen and oxygen atoms in total. The Labute approximate surface area is 123 Å².